The van der Waals surface area contributed by atoms with E-state index in [1.54, 1.807) is 53.1 Å². The van der Waals surface area contributed by atoms with Gasteiger partial charge >= 0.3 is 5.97 Å². The summed E-state index contributed by atoms with van der Waals surface area (Å²) in [6.45, 7) is 9.92. The SMILES string of the molecule is C=CCCC(=O)NC[C@H](C)OC(=O)[C@@H]1[C@H]2C(=O)N(CCCCCCO)[C@H](C(=O)N(CC=C)c3ccc(Cl)cc3)[C@]23CC[C@H]1O3. The molecule has 3 fully saturated rings. The normalized spacial score (nSPS) is 25.8. The third-order valence-corrected chi connectivity index (χ3v) is 9.06. The van der Waals surface area contributed by atoms with E-state index in [1.165, 1.54) is 0 Å². The fourth-order valence-corrected chi connectivity index (χ4v) is 6.93. The molecule has 1 aromatic rings. The summed E-state index contributed by atoms with van der Waals surface area (Å²) in [4.78, 5) is 57.5. The Morgan fingerprint density at radius 3 is 2.61 bits per heavy atom. The van der Waals surface area contributed by atoms with Crippen LogP contribution in [0.2, 0.25) is 5.02 Å². The average molecular weight is 630 g/mol. The number of fused-ring (bicyclic) bond motifs is 1. The number of carbonyl (C=O) groups excluding carboxylic acids is 4. The van der Waals surface area contributed by atoms with Crippen LogP contribution in [0.4, 0.5) is 5.69 Å². The number of halogens is 1. The van der Waals surface area contributed by atoms with Crippen LogP contribution in [0.25, 0.3) is 0 Å². The van der Waals surface area contributed by atoms with Gasteiger partial charge in [-0.1, -0.05) is 36.6 Å². The van der Waals surface area contributed by atoms with Crippen molar-refractivity contribution in [1.29, 1.82) is 0 Å². The summed E-state index contributed by atoms with van der Waals surface area (Å²) in [7, 11) is 0. The molecule has 2 N–H and O–H groups in total. The lowest BCUT2D eigenvalue weighted by atomic mass is 9.70. The number of aliphatic hydroxyl groups is 1. The largest absolute Gasteiger partial charge is 0.460 e. The second-order valence-electron chi connectivity index (χ2n) is 11.8. The van der Waals surface area contributed by atoms with E-state index in [1.807, 2.05) is 0 Å². The Kier molecular flexibility index (Phi) is 11.6. The fraction of sp³-hybridized carbons (Fsp3) is 0.576. The van der Waals surface area contributed by atoms with Gasteiger partial charge in [0.2, 0.25) is 11.8 Å². The lowest BCUT2D eigenvalue weighted by Gasteiger charge is -2.36. The Hall–Kier alpha value is -3.21. The first-order chi connectivity index (χ1) is 21.2. The highest BCUT2D eigenvalue weighted by Gasteiger charge is 2.75. The Morgan fingerprint density at radius 1 is 1.20 bits per heavy atom. The molecule has 3 aliphatic rings. The minimum absolute atomic E-state index is 0.0997. The molecule has 4 rings (SSSR count). The van der Waals surface area contributed by atoms with Gasteiger partial charge < -0.3 is 29.7 Å². The standard InChI is InChI=1S/C33H44ClN3O7/c1-4-6-11-26(39)35-21-22(3)43-32(42)27-25-16-17-33(44-25)28(27)30(40)37(19-9-7-8-10-20-38)29(33)31(41)36(18-5-2)24-14-12-23(34)13-15-24/h4-5,12-15,22,25,27-29,38H,1-2,6-11,16-21H2,3H3,(H,35,39)/t22-,25+,27-,28-,29+,33-/m0/s1. The summed E-state index contributed by atoms with van der Waals surface area (Å²) in [5.74, 6) is -3.02. The Labute approximate surface area is 264 Å². The molecule has 11 heteroatoms. The average Bonchev–Trinajstić information content (AvgIpc) is 3.65. The number of carbonyl (C=O) groups is 4. The van der Waals surface area contributed by atoms with Crippen LogP contribution >= 0.6 is 11.6 Å². The minimum atomic E-state index is -1.17. The number of hydrogen-bond acceptors (Lipinski definition) is 7. The quantitative estimate of drug-likeness (QED) is 0.153. The number of allylic oxidation sites excluding steroid dienone is 1. The molecular weight excluding hydrogens is 586 g/mol. The van der Waals surface area contributed by atoms with Crippen molar-refractivity contribution in [2.24, 2.45) is 11.8 Å². The number of amides is 3. The maximum atomic E-state index is 14.5. The molecule has 3 saturated heterocycles. The molecule has 1 spiro atoms. The molecule has 2 bridgehead atoms. The highest BCUT2D eigenvalue weighted by molar-refractivity contribution is 6.30. The van der Waals surface area contributed by atoms with Gasteiger partial charge in [0, 0.05) is 36.8 Å². The maximum absolute atomic E-state index is 14.5. The topological polar surface area (TPSA) is 125 Å². The van der Waals surface area contributed by atoms with Gasteiger partial charge in [0.25, 0.3) is 5.91 Å². The summed E-state index contributed by atoms with van der Waals surface area (Å²) in [6, 6.07) is 5.97. The van der Waals surface area contributed by atoms with Crippen LogP contribution in [-0.4, -0.2) is 83.8 Å². The summed E-state index contributed by atoms with van der Waals surface area (Å²) in [6.07, 6.45) is 6.84. The van der Waals surface area contributed by atoms with Crippen LogP contribution in [0, 0.1) is 11.8 Å². The van der Waals surface area contributed by atoms with E-state index in [2.05, 4.69) is 18.5 Å². The summed E-state index contributed by atoms with van der Waals surface area (Å²) in [5.41, 5.74) is -0.552. The van der Waals surface area contributed by atoms with Crippen molar-refractivity contribution in [1.82, 2.24) is 10.2 Å². The van der Waals surface area contributed by atoms with Crippen molar-refractivity contribution in [2.45, 2.75) is 82.1 Å². The molecule has 0 aliphatic carbocycles. The number of rotatable bonds is 17. The molecular formula is C33H44ClN3O7. The first-order valence-electron chi connectivity index (χ1n) is 15.5. The second kappa shape index (κ2) is 15.2. The van der Waals surface area contributed by atoms with Gasteiger partial charge in [0.15, 0.2) is 0 Å². The van der Waals surface area contributed by atoms with E-state index in [-0.39, 0.29) is 37.4 Å². The van der Waals surface area contributed by atoms with Crippen molar-refractivity contribution >= 4 is 41.0 Å². The van der Waals surface area contributed by atoms with Crippen LogP contribution in [0.15, 0.2) is 49.6 Å². The van der Waals surface area contributed by atoms with Crippen molar-refractivity contribution in [2.75, 3.05) is 31.1 Å². The molecule has 3 heterocycles. The number of ether oxygens (including phenoxy) is 2. The fourth-order valence-electron chi connectivity index (χ4n) is 6.81. The predicted molar refractivity (Wildman–Crippen MR) is 167 cm³/mol. The summed E-state index contributed by atoms with van der Waals surface area (Å²) >= 11 is 6.12. The van der Waals surface area contributed by atoms with Gasteiger partial charge in [0.05, 0.1) is 24.5 Å². The van der Waals surface area contributed by atoms with E-state index in [0.29, 0.717) is 55.8 Å². The highest BCUT2D eigenvalue weighted by atomic mass is 35.5. The maximum Gasteiger partial charge on any atom is 0.312 e. The summed E-state index contributed by atoms with van der Waals surface area (Å²) < 4.78 is 12.3. The number of aliphatic hydroxyl groups excluding tert-OH is 1. The number of anilines is 1. The van der Waals surface area contributed by atoms with Gasteiger partial charge in [-0.15, -0.1) is 13.2 Å². The lowest BCUT2D eigenvalue weighted by molar-refractivity contribution is -0.159. The Balaban J connectivity index is 1.58. The number of unbranched alkanes of at least 4 members (excludes halogenated alkanes) is 3. The van der Waals surface area contributed by atoms with Crippen LogP contribution in [0.3, 0.4) is 0 Å². The smallest absolute Gasteiger partial charge is 0.312 e. The zero-order chi connectivity index (χ0) is 31.9. The molecule has 6 atom stereocenters. The molecule has 240 valence electrons. The van der Waals surface area contributed by atoms with E-state index in [9.17, 15) is 24.3 Å². The zero-order valence-electron chi connectivity index (χ0n) is 25.4. The predicted octanol–water partition coefficient (Wildman–Crippen LogP) is 3.80. The van der Waals surface area contributed by atoms with Crippen LogP contribution in [0.5, 0.6) is 0 Å². The lowest BCUT2D eigenvalue weighted by Crippen LogP contribution is -2.56. The molecule has 3 amide bonds. The first-order valence-corrected chi connectivity index (χ1v) is 15.9. The third-order valence-electron chi connectivity index (χ3n) is 8.81. The van der Waals surface area contributed by atoms with E-state index in [4.69, 9.17) is 21.1 Å². The Morgan fingerprint density at radius 2 is 1.93 bits per heavy atom. The van der Waals surface area contributed by atoms with Crippen LogP contribution < -0.4 is 10.2 Å². The number of nitrogens with zero attached hydrogens (tertiary/aromatic N) is 2. The molecule has 0 saturated carbocycles. The van der Waals surface area contributed by atoms with Gasteiger partial charge in [-0.3, -0.25) is 19.2 Å². The zero-order valence-corrected chi connectivity index (χ0v) is 26.2. The molecule has 0 aromatic heterocycles. The number of nitrogens with one attached hydrogen (secondary N) is 1. The number of likely N-dealkylation sites (tertiary alicyclic amines) is 1. The third kappa shape index (κ3) is 7.03. The van der Waals surface area contributed by atoms with Gasteiger partial charge in [0.1, 0.15) is 17.7 Å². The molecule has 10 nitrogen and oxygen atoms in total. The Bertz CT molecular complexity index is 1220. The second-order valence-corrected chi connectivity index (χ2v) is 12.3. The van der Waals surface area contributed by atoms with Crippen molar-refractivity contribution < 1.29 is 33.8 Å². The minimum Gasteiger partial charge on any atom is -0.460 e. The van der Waals surface area contributed by atoms with E-state index in [0.717, 1.165) is 12.8 Å². The van der Waals surface area contributed by atoms with E-state index >= 15 is 0 Å². The van der Waals surface area contributed by atoms with Crippen molar-refractivity contribution in [3.8, 4) is 0 Å². The van der Waals surface area contributed by atoms with Gasteiger partial charge in [-0.25, -0.2) is 0 Å². The molecule has 3 aliphatic heterocycles. The molecule has 44 heavy (non-hydrogen) atoms. The first kappa shape index (κ1) is 33.7. The van der Waals surface area contributed by atoms with Crippen molar-refractivity contribution in [3.63, 3.8) is 0 Å². The molecule has 1 aromatic carbocycles. The number of hydrogen-bond donors (Lipinski definition) is 2. The van der Waals surface area contributed by atoms with Gasteiger partial charge in [-0.05, 0) is 63.3 Å². The number of benzene rings is 1. The highest BCUT2D eigenvalue weighted by Crippen LogP contribution is 2.59. The molecule has 0 radical (unpaired) electrons. The molecule has 0 unspecified atom stereocenters. The van der Waals surface area contributed by atoms with Gasteiger partial charge in [-0.2, -0.15) is 0 Å². The van der Waals surface area contributed by atoms with Crippen LogP contribution in [-0.2, 0) is 28.7 Å². The van der Waals surface area contributed by atoms with E-state index < -0.39 is 41.7 Å². The van der Waals surface area contributed by atoms with Crippen LogP contribution in [0.1, 0.15) is 58.3 Å². The monoisotopic (exact) mass is 629 g/mol. The number of esters is 1. The van der Waals surface area contributed by atoms with Crippen molar-refractivity contribution in [3.05, 3.63) is 54.6 Å². The summed E-state index contributed by atoms with van der Waals surface area (Å²) in [5, 5.41) is 12.5.